The summed E-state index contributed by atoms with van der Waals surface area (Å²) in [6.45, 7) is 1.91. The lowest BCUT2D eigenvalue weighted by atomic mass is 10.1. The predicted octanol–water partition coefficient (Wildman–Crippen LogP) is 2.51. The average Bonchev–Trinajstić information content (AvgIpc) is 3.10. The number of aliphatic carboxylic acids is 1. The maximum atomic E-state index is 11.0. The van der Waals surface area contributed by atoms with Crippen LogP contribution in [0.4, 0.5) is 0 Å². The van der Waals surface area contributed by atoms with Gasteiger partial charge in [-0.2, -0.15) is 0 Å². The van der Waals surface area contributed by atoms with E-state index in [-0.39, 0.29) is 12.5 Å². The molecule has 1 N–H and O–H groups in total. The molecule has 3 rings (SSSR count). The third-order valence-electron chi connectivity index (χ3n) is 3.44. The van der Waals surface area contributed by atoms with E-state index in [4.69, 9.17) is 9.52 Å². The summed E-state index contributed by atoms with van der Waals surface area (Å²) in [4.78, 5) is 11.0. The Balaban J connectivity index is 2.08. The Kier molecular flexibility index (Phi) is 3.39. The van der Waals surface area contributed by atoms with Crippen LogP contribution in [0.5, 0.6) is 0 Å². The number of fused-ring (bicyclic) bond motifs is 1. The molecule has 0 saturated carbocycles. The molecule has 2 aromatic heterocycles. The van der Waals surface area contributed by atoms with Crippen LogP contribution in [0.1, 0.15) is 25.8 Å². The van der Waals surface area contributed by atoms with Crippen LogP contribution in [0.25, 0.3) is 22.4 Å². The van der Waals surface area contributed by atoms with Gasteiger partial charge in [0.2, 0.25) is 0 Å². The van der Waals surface area contributed by atoms with Crippen LogP contribution < -0.4 is 0 Å². The van der Waals surface area contributed by atoms with Crippen LogP contribution in [-0.2, 0) is 4.79 Å². The van der Waals surface area contributed by atoms with Gasteiger partial charge in [0.25, 0.3) is 0 Å². The SMILES string of the molecule is CCC(CC(=O)O)n1nnnc1-c1coc2ccccc12. The second kappa shape index (κ2) is 5.35. The van der Waals surface area contributed by atoms with Gasteiger partial charge >= 0.3 is 5.97 Å². The van der Waals surface area contributed by atoms with Gasteiger partial charge in [0.05, 0.1) is 18.0 Å². The first-order valence-electron chi connectivity index (χ1n) is 6.67. The maximum absolute atomic E-state index is 11.0. The number of rotatable bonds is 5. The summed E-state index contributed by atoms with van der Waals surface area (Å²) in [6, 6.07) is 7.29. The number of carboxylic acids is 1. The molecule has 7 nitrogen and oxygen atoms in total. The number of aromatic nitrogens is 4. The third kappa shape index (κ3) is 2.37. The minimum Gasteiger partial charge on any atom is -0.481 e. The molecule has 1 unspecified atom stereocenters. The summed E-state index contributed by atoms with van der Waals surface area (Å²) >= 11 is 0. The lowest BCUT2D eigenvalue weighted by Gasteiger charge is -2.13. The fraction of sp³-hybridized carbons (Fsp3) is 0.286. The number of benzene rings is 1. The van der Waals surface area contributed by atoms with Gasteiger partial charge in [-0.25, -0.2) is 4.68 Å². The Bertz CT molecular complexity index is 777. The number of nitrogens with zero attached hydrogens (tertiary/aromatic N) is 4. The molecule has 7 heteroatoms. The van der Waals surface area contributed by atoms with Gasteiger partial charge in [0.15, 0.2) is 5.82 Å². The van der Waals surface area contributed by atoms with Gasteiger partial charge in [-0.3, -0.25) is 4.79 Å². The minimum atomic E-state index is -0.875. The van der Waals surface area contributed by atoms with Crippen molar-refractivity contribution in [2.45, 2.75) is 25.8 Å². The highest BCUT2D eigenvalue weighted by Crippen LogP contribution is 2.30. The first-order chi connectivity index (χ1) is 10.2. The van der Waals surface area contributed by atoms with Crippen molar-refractivity contribution in [3.63, 3.8) is 0 Å². The van der Waals surface area contributed by atoms with Crippen molar-refractivity contribution >= 4 is 16.9 Å². The number of para-hydroxylation sites is 1. The van der Waals surface area contributed by atoms with Gasteiger partial charge in [0, 0.05) is 5.39 Å². The van der Waals surface area contributed by atoms with Crippen LogP contribution in [0.2, 0.25) is 0 Å². The summed E-state index contributed by atoms with van der Waals surface area (Å²) in [7, 11) is 0. The van der Waals surface area contributed by atoms with Crippen molar-refractivity contribution in [3.05, 3.63) is 30.5 Å². The van der Waals surface area contributed by atoms with E-state index in [9.17, 15) is 4.79 Å². The number of tetrazole rings is 1. The molecule has 1 atom stereocenters. The lowest BCUT2D eigenvalue weighted by molar-refractivity contribution is -0.138. The van der Waals surface area contributed by atoms with Crippen LogP contribution in [-0.4, -0.2) is 31.3 Å². The maximum Gasteiger partial charge on any atom is 0.305 e. The Labute approximate surface area is 120 Å². The van der Waals surface area contributed by atoms with Crippen molar-refractivity contribution in [3.8, 4) is 11.4 Å². The van der Waals surface area contributed by atoms with Crippen molar-refractivity contribution in [1.82, 2.24) is 20.2 Å². The number of carboxylic acid groups (broad SMARTS) is 1. The Morgan fingerprint density at radius 1 is 1.43 bits per heavy atom. The molecule has 0 saturated heterocycles. The molecule has 0 aliphatic carbocycles. The largest absolute Gasteiger partial charge is 0.481 e. The van der Waals surface area contributed by atoms with Crippen molar-refractivity contribution in [1.29, 1.82) is 0 Å². The van der Waals surface area contributed by atoms with Gasteiger partial charge in [0.1, 0.15) is 11.8 Å². The fourth-order valence-corrected chi connectivity index (χ4v) is 2.37. The molecule has 108 valence electrons. The molecular formula is C14H14N4O3. The zero-order valence-electron chi connectivity index (χ0n) is 11.4. The molecular weight excluding hydrogens is 272 g/mol. The van der Waals surface area contributed by atoms with E-state index < -0.39 is 5.97 Å². The normalized spacial score (nSPS) is 12.6. The topological polar surface area (TPSA) is 94.0 Å². The first kappa shape index (κ1) is 13.3. The van der Waals surface area contributed by atoms with Crippen molar-refractivity contribution in [2.24, 2.45) is 0 Å². The molecule has 0 spiro atoms. The molecule has 0 bridgehead atoms. The molecule has 21 heavy (non-hydrogen) atoms. The Morgan fingerprint density at radius 3 is 3.00 bits per heavy atom. The van der Waals surface area contributed by atoms with Crippen LogP contribution in [0.15, 0.2) is 34.9 Å². The number of furan rings is 1. The molecule has 1 aromatic carbocycles. The van der Waals surface area contributed by atoms with E-state index in [0.717, 1.165) is 16.5 Å². The molecule has 0 fully saturated rings. The summed E-state index contributed by atoms with van der Waals surface area (Å²) in [5, 5.41) is 21.6. The van der Waals surface area contributed by atoms with E-state index in [1.807, 2.05) is 31.2 Å². The third-order valence-corrected chi connectivity index (χ3v) is 3.44. The van der Waals surface area contributed by atoms with Crippen molar-refractivity contribution in [2.75, 3.05) is 0 Å². The Morgan fingerprint density at radius 2 is 2.24 bits per heavy atom. The number of hydrogen-bond donors (Lipinski definition) is 1. The van der Waals surface area contributed by atoms with Gasteiger partial charge in [-0.1, -0.05) is 25.1 Å². The van der Waals surface area contributed by atoms with E-state index in [2.05, 4.69) is 15.5 Å². The van der Waals surface area contributed by atoms with Gasteiger partial charge in [-0.15, -0.1) is 5.10 Å². The zero-order valence-corrected chi connectivity index (χ0v) is 11.4. The molecule has 0 amide bonds. The fourth-order valence-electron chi connectivity index (χ4n) is 2.37. The highest BCUT2D eigenvalue weighted by Gasteiger charge is 2.22. The first-order valence-corrected chi connectivity index (χ1v) is 6.67. The van der Waals surface area contributed by atoms with E-state index in [1.165, 1.54) is 0 Å². The summed E-state index contributed by atoms with van der Waals surface area (Å²) < 4.78 is 7.06. The van der Waals surface area contributed by atoms with Gasteiger partial charge < -0.3 is 9.52 Å². The Hall–Kier alpha value is -2.70. The van der Waals surface area contributed by atoms with Crippen LogP contribution >= 0.6 is 0 Å². The average molecular weight is 286 g/mol. The summed E-state index contributed by atoms with van der Waals surface area (Å²) in [5.74, 6) is -0.353. The monoisotopic (exact) mass is 286 g/mol. The molecule has 2 heterocycles. The smallest absolute Gasteiger partial charge is 0.305 e. The lowest BCUT2D eigenvalue weighted by Crippen LogP contribution is -2.15. The molecule has 0 aliphatic rings. The van der Waals surface area contributed by atoms with Gasteiger partial charge in [-0.05, 0) is 22.9 Å². The molecule has 0 aliphatic heterocycles. The minimum absolute atomic E-state index is 0.0235. The number of carbonyl (C=O) groups is 1. The van der Waals surface area contributed by atoms with Crippen LogP contribution in [0.3, 0.4) is 0 Å². The quantitative estimate of drug-likeness (QED) is 0.774. The van der Waals surface area contributed by atoms with E-state index in [1.54, 1.807) is 10.9 Å². The van der Waals surface area contributed by atoms with Crippen LogP contribution in [0, 0.1) is 0 Å². The zero-order chi connectivity index (χ0) is 14.8. The molecule has 3 aromatic rings. The summed E-state index contributed by atoms with van der Waals surface area (Å²) in [6.07, 6.45) is 2.20. The summed E-state index contributed by atoms with van der Waals surface area (Å²) in [5.41, 5.74) is 1.51. The van der Waals surface area contributed by atoms with Crippen molar-refractivity contribution < 1.29 is 14.3 Å². The highest BCUT2D eigenvalue weighted by molar-refractivity contribution is 5.91. The number of hydrogen-bond acceptors (Lipinski definition) is 5. The second-order valence-corrected chi connectivity index (χ2v) is 4.75. The molecule has 0 radical (unpaired) electrons. The predicted molar refractivity (Wildman–Crippen MR) is 74.6 cm³/mol. The van der Waals surface area contributed by atoms with E-state index in [0.29, 0.717) is 12.2 Å². The van der Waals surface area contributed by atoms with E-state index >= 15 is 0 Å². The second-order valence-electron chi connectivity index (χ2n) is 4.75. The standard InChI is InChI=1S/C14H14N4O3/c1-2-9(7-13(19)20)18-14(15-16-17-18)11-8-21-12-6-4-3-5-10(11)12/h3-6,8-9H,2,7H2,1H3,(H,19,20). The highest BCUT2D eigenvalue weighted by atomic mass is 16.4.